The zero-order valence-electron chi connectivity index (χ0n) is 6.73. The summed E-state index contributed by atoms with van der Waals surface area (Å²) < 4.78 is 6.97. The third kappa shape index (κ3) is 3.13. The van der Waals surface area contributed by atoms with Crippen molar-refractivity contribution in [2.24, 2.45) is 0 Å². The van der Waals surface area contributed by atoms with Gasteiger partial charge in [-0.05, 0) is 13.3 Å². The van der Waals surface area contributed by atoms with Crippen molar-refractivity contribution in [1.29, 1.82) is 0 Å². The molecule has 1 aromatic heterocycles. The van der Waals surface area contributed by atoms with E-state index < -0.39 is 0 Å². The van der Waals surface area contributed by atoms with E-state index >= 15 is 0 Å². The van der Waals surface area contributed by atoms with Gasteiger partial charge in [0.25, 0.3) is 0 Å². The zero-order chi connectivity index (χ0) is 7.94. The Morgan fingerprint density at radius 2 is 2.45 bits per heavy atom. The molecule has 4 nitrogen and oxygen atoms in total. The molecule has 4 heteroatoms. The molecule has 0 saturated carbocycles. The minimum absolute atomic E-state index is 0.789. The van der Waals surface area contributed by atoms with E-state index in [1.54, 1.807) is 17.3 Å². The van der Waals surface area contributed by atoms with Crippen molar-refractivity contribution in [2.75, 3.05) is 13.2 Å². The third-order valence-electron chi connectivity index (χ3n) is 1.35. The molecule has 0 aliphatic rings. The van der Waals surface area contributed by atoms with E-state index in [2.05, 4.69) is 10.1 Å². The summed E-state index contributed by atoms with van der Waals surface area (Å²) >= 11 is 0. The van der Waals surface area contributed by atoms with Gasteiger partial charge in [-0.2, -0.15) is 5.10 Å². The predicted molar refractivity (Wildman–Crippen MR) is 41.1 cm³/mol. The van der Waals surface area contributed by atoms with Crippen LogP contribution in [-0.2, 0) is 11.3 Å². The van der Waals surface area contributed by atoms with Crippen molar-refractivity contribution in [3.63, 3.8) is 0 Å². The van der Waals surface area contributed by atoms with Crippen molar-refractivity contribution in [2.45, 2.75) is 19.9 Å². The Bertz CT molecular complexity index is 174. The molecule has 0 aliphatic heterocycles. The highest BCUT2D eigenvalue weighted by molar-refractivity contribution is 4.55. The summed E-state index contributed by atoms with van der Waals surface area (Å²) in [5.41, 5.74) is 0. The number of aryl methyl sites for hydroxylation is 1. The first-order valence-corrected chi connectivity index (χ1v) is 3.83. The van der Waals surface area contributed by atoms with E-state index in [0.717, 1.165) is 26.2 Å². The summed E-state index contributed by atoms with van der Waals surface area (Å²) in [6.07, 6.45) is 4.25. The van der Waals surface area contributed by atoms with Crippen molar-refractivity contribution < 1.29 is 4.74 Å². The zero-order valence-corrected chi connectivity index (χ0v) is 6.73. The molecule has 11 heavy (non-hydrogen) atoms. The molecule has 0 atom stereocenters. The van der Waals surface area contributed by atoms with Crippen LogP contribution in [0.1, 0.15) is 13.3 Å². The topological polar surface area (TPSA) is 39.9 Å². The maximum Gasteiger partial charge on any atom is 0.137 e. The van der Waals surface area contributed by atoms with Crippen molar-refractivity contribution in [1.82, 2.24) is 14.8 Å². The highest BCUT2D eigenvalue weighted by Crippen LogP contribution is 1.87. The first-order valence-electron chi connectivity index (χ1n) is 3.83. The average Bonchev–Trinajstić information content (AvgIpc) is 2.50. The maximum absolute atomic E-state index is 5.17. The van der Waals surface area contributed by atoms with Crippen LogP contribution in [0.25, 0.3) is 0 Å². The van der Waals surface area contributed by atoms with E-state index in [9.17, 15) is 0 Å². The van der Waals surface area contributed by atoms with Crippen molar-refractivity contribution >= 4 is 0 Å². The van der Waals surface area contributed by atoms with Gasteiger partial charge >= 0.3 is 0 Å². The van der Waals surface area contributed by atoms with Crippen molar-refractivity contribution in [3.8, 4) is 0 Å². The van der Waals surface area contributed by atoms with Gasteiger partial charge in [0.1, 0.15) is 12.7 Å². The van der Waals surface area contributed by atoms with Crippen molar-refractivity contribution in [3.05, 3.63) is 12.7 Å². The van der Waals surface area contributed by atoms with E-state index in [4.69, 9.17) is 4.74 Å². The van der Waals surface area contributed by atoms with Gasteiger partial charge in [-0.1, -0.05) is 0 Å². The number of aromatic nitrogens is 3. The summed E-state index contributed by atoms with van der Waals surface area (Å²) in [5, 5.41) is 3.96. The fourth-order valence-corrected chi connectivity index (χ4v) is 0.821. The lowest BCUT2D eigenvalue weighted by Gasteiger charge is -2.00. The summed E-state index contributed by atoms with van der Waals surface area (Å²) in [4.78, 5) is 3.83. The van der Waals surface area contributed by atoms with Crippen LogP contribution in [-0.4, -0.2) is 28.0 Å². The molecule has 0 aromatic carbocycles. The molecule has 0 amide bonds. The van der Waals surface area contributed by atoms with Gasteiger partial charge in [-0.3, -0.25) is 4.68 Å². The minimum atomic E-state index is 0.789. The number of hydrogen-bond donors (Lipinski definition) is 0. The summed E-state index contributed by atoms with van der Waals surface area (Å²) in [6.45, 7) is 4.48. The largest absolute Gasteiger partial charge is 0.382 e. The summed E-state index contributed by atoms with van der Waals surface area (Å²) in [7, 11) is 0. The molecule has 1 heterocycles. The van der Waals surface area contributed by atoms with Gasteiger partial charge in [0.05, 0.1) is 0 Å². The molecule has 0 saturated heterocycles. The summed E-state index contributed by atoms with van der Waals surface area (Å²) in [6, 6.07) is 0. The van der Waals surface area contributed by atoms with Gasteiger partial charge in [-0.15, -0.1) is 0 Å². The van der Waals surface area contributed by atoms with E-state index in [0.29, 0.717) is 0 Å². The Labute approximate surface area is 66.2 Å². The van der Waals surface area contributed by atoms with Gasteiger partial charge in [-0.25, -0.2) is 4.98 Å². The number of nitrogens with zero attached hydrogens (tertiary/aromatic N) is 3. The Kier molecular flexibility index (Phi) is 3.61. The number of ether oxygens (including phenoxy) is 1. The monoisotopic (exact) mass is 155 g/mol. The fourth-order valence-electron chi connectivity index (χ4n) is 0.821. The lowest BCUT2D eigenvalue weighted by molar-refractivity contribution is 0.141. The lowest BCUT2D eigenvalue weighted by Crippen LogP contribution is -2.02. The molecule has 62 valence electrons. The van der Waals surface area contributed by atoms with Crippen LogP contribution in [0, 0.1) is 0 Å². The van der Waals surface area contributed by atoms with Crippen LogP contribution in [0.5, 0.6) is 0 Å². The molecule has 0 spiro atoms. The van der Waals surface area contributed by atoms with Crippen LogP contribution < -0.4 is 0 Å². The first kappa shape index (κ1) is 8.20. The van der Waals surface area contributed by atoms with Crippen LogP contribution in [0.4, 0.5) is 0 Å². The van der Waals surface area contributed by atoms with Gasteiger partial charge in [0.15, 0.2) is 0 Å². The van der Waals surface area contributed by atoms with Crippen LogP contribution in [0.2, 0.25) is 0 Å². The Morgan fingerprint density at radius 1 is 1.55 bits per heavy atom. The second-order valence-electron chi connectivity index (χ2n) is 2.21. The van der Waals surface area contributed by atoms with Gasteiger partial charge in [0, 0.05) is 19.8 Å². The minimum Gasteiger partial charge on any atom is -0.382 e. The number of hydrogen-bond acceptors (Lipinski definition) is 3. The fraction of sp³-hybridized carbons (Fsp3) is 0.714. The molecule has 0 aliphatic carbocycles. The predicted octanol–water partition coefficient (Wildman–Crippen LogP) is 0.705. The molecule has 0 radical (unpaired) electrons. The second kappa shape index (κ2) is 4.85. The SMILES string of the molecule is CCOCCCn1cncn1. The summed E-state index contributed by atoms with van der Waals surface area (Å²) in [5.74, 6) is 0. The molecule has 1 rings (SSSR count). The molecule has 0 fully saturated rings. The van der Waals surface area contributed by atoms with Crippen LogP contribution >= 0.6 is 0 Å². The van der Waals surface area contributed by atoms with E-state index in [1.165, 1.54) is 0 Å². The van der Waals surface area contributed by atoms with Crippen LogP contribution in [0.3, 0.4) is 0 Å². The Morgan fingerprint density at radius 3 is 3.09 bits per heavy atom. The van der Waals surface area contributed by atoms with E-state index in [-0.39, 0.29) is 0 Å². The molecule has 0 N–H and O–H groups in total. The highest BCUT2D eigenvalue weighted by atomic mass is 16.5. The quantitative estimate of drug-likeness (QED) is 0.588. The Balaban J connectivity index is 2.04. The van der Waals surface area contributed by atoms with Crippen LogP contribution in [0.15, 0.2) is 12.7 Å². The smallest absolute Gasteiger partial charge is 0.137 e. The first-order chi connectivity index (χ1) is 5.43. The Hall–Kier alpha value is -0.900. The molecule has 0 bridgehead atoms. The molecule has 1 aromatic rings. The highest BCUT2D eigenvalue weighted by Gasteiger charge is 1.90. The van der Waals surface area contributed by atoms with Gasteiger partial charge < -0.3 is 4.74 Å². The number of rotatable bonds is 5. The third-order valence-corrected chi connectivity index (χ3v) is 1.35. The van der Waals surface area contributed by atoms with Gasteiger partial charge in [0.2, 0.25) is 0 Å². The second-order valence-corrected chi connectivity index (χ2v) is 2.21. The lowest BCUT2D eigenvalue weighted by atomic mass is 10.4. The molecule has 0 unspecified atom stereocenters. The maximum atomic E-state index is 5.17. The van der Waals surface area contributed by atoms with E-state index in [1.807, 2.05) is 6.92 Å². The molecular formula is C7H13N3O. The standard InChI is InChI=1S/C7H13N3O/c1-2-11-5-3-4-10-7-8-6-9-10/h6-7H,2-5H2,1H3. The normalized spacial score (nSPS) is 10.3. The molecular weight excluding hydrogens is 142 g/mol. The average molecular weight is 155 g/mol.